The maximum atomic E-state index is 12.7. The second-order valence-corrected chi connectivity index (χ2v) is 8.83. The molecule has 2 N–H and O–H groups in total. The molecule has 1 aliphatic carbocycles. The van der Waals surface area contributed by atoms with Crippen LogP contribution in [0.25, 0.3) is 0 Å². The molecule has 6 nitrogen and oxygen atoms in total. The molecule has 0 spiro atoms. The number of carbonyl (C=O) groups is 1. The number of aliphatic imine (C=N–C) groups is 1. The first-order valence-electron chi connectivity index (χ1n) is 10.7. The minimum atomic E-state index is -4.40. The lowest BCUT2D eigenvalue weighted by Crippen LogP contribution is -2.45. The average Bonchev–Trinajstić information content (AvgIpc) is 3.38. The molecule has 3 rings (SSSR count). The zero-order valence-electron chi connectivity index (χ0n) is 17.3. The molecule has 1 aliphatic heterocycles. The number of thiazole rings is 1. The molecular weight excluding hydrogens is 415 g/mol. The molecule has 1 atom stereocenters. The number of nitrogens with zero attached hydrogens (tertiary/aromatic N) is 3. The number of likely N-dealkylation sites (tertiary alicyclic amines) is 1. The molecular formula is C20H30F3N5OS. The van der Waals surface area contributed by atoms with Crippen molar-refractivity contribution in [2.75, 3.05) is 26.2 Å². The lowest BCUT2D eigenvalue weighted by atomic mass is 9.88. The van der Waals surface area contributed by atoms with Crippen LogP contribution in [-0.2, 0) is 17.4 Å². The maximum Gasteiger partial charge on any atom is 0.434 e. The Morgan fingerprint density at radius 1 is 1.30 bits per heavy atom. The van der Waals surface area contributed by atoms with Gasteiger partial charge in [0.05, 0.1) is 5.01 Å². The number of carbonyl (C=O) groups excluding carboxylic acids is 1. The van der Waals surface area contributed by atoms with Crippen LogP contribution >= 0.6 is 11.3 Å². The Morgan fingerprint density at radius 3 is 2.73 bits per heavy atom. The van der Waals surface area contributed by atoms with E-state index in [0.29, 0.717) is 37.0 Å². The van der Waals surface area contributed by atoms with Gasteiger partial charge in [-0.3, -0.25) is 9.79 Å². The van der Waals surface area contributed by atoms with Gasteiger partial charge in [0, 0.05) is 49.9 Å². The molecule has 0 bridgehead atoms. The van der Waals surface area contributed by atoms with Crippen molar-refractivity contribution < 1.29 is 18.0 Å². The molecule has 1 aromatic heterocycles. The molecule has 2 aliphatic rings. The molecule has 1 aromatic rings. The van der Waals surface area contributed by atoms with Crippen molar-refractivity contribution in [2.45, 2.75) is 64.1 Å². The van der Waals surface area contributed by atoms with E-state index in [1.807, 2.05) is 11.8 Å². The standard InChI is InChI=1S/C20H30F3N5OS/c1-2-24-19(25-10-8-17-27-16(13-30-17)20(21,22)23)26-15-9-11-28(12-15)18(29)14-6-4-3-5-7-14/h13-15H,2-12H2,1H3,(H2,24,25,26). The quantitative estimate of drug-likeness (QED) is 0.520. The average molecular weight is 446 g/mol. The van der Waals surface area contributed by atoms with Gasteiger partial charge >= 0.3 is 6.18 Å². The minimum Gasteiger partial charge on any atom is -0.357 e. The largest absolute Gasteiger partial charge is 0.434 e. The van der Waals surface area contributed by atoms with E-state index in [9.17, 15) is 18.0 Å². The summed E-state index contributed by atoms with van der Waals surface area (Å²) in [4.78, 5) is 22.8. The SMILES string of the molecule is CCNC(=NCCc1nc(C(F)(F)F)cs1)NC1CCN(C(=O)C2CCCCC2)C1. The zero-order chi connectivity index (χ0) is 21.6. The molecule has 1 saturated heterocycles. The van der Waals surface area contributed by atoms with Gasteiger partial charge in [-0.15, -0.1) is 11.3 Å². The van der Waals surface area contributed by atoms with Gasteiger partial charge in [-0.05, 0) is 26.2 Å². The highest BCUT2D eigenvalue weighted by Gasteiger charge is 2.34. The summed E-state index contributed by atoms with van der Waals surface area (Å²) in [6.45, 7) is 4.41. The molecule has 1 amide bonds. The van der Waals surface area contributed by atoms with Gasteiger partial charge in [0.2, 0.25) is 5.91 Å². The highest BCUT2D eigenvalue weighted by atomic mass is 32.1. The van der Waals surface area contributed by atoms with E-state index in [0.717, 1.165) is 55.4 Å². The number of amides is 1. The zero-order valence-corrected chi connectivity index (χ0v) is 18.1. The number of halogens is 3. The van der Waals surface area contributed by atoms with Crippen molar-refractivity contribution in [1.29, 1.82) is 0 Å². The van der Waals surface area contributed by atoms with Crippen LogP contribution in [0.4, 0.5) is 13.2 Å². The van der Waals surface area contributed by atoms with Crippen molar-refractivity contribution in [3.05, 3.63) is 16.1 Å². The summed E-state index contributed by atoms with van der Waals surface area (Å²) in [5.74, 6) is 1.09. The molecule has 10 heteroatoms. The number of guanidine groups is 1. The Hall–Kier alpha value is -1.84. The summed E-state index contributed by atoms with van der Waals surface area (Å²) >= 11 is 1.01. The first-order valence-corrected chi connectivity index (χ1v) is 11.6. The summed E-state index contributed by atoms with van der Waals surface area (Å²) in [5, 5.41) is 8.00. The van der Waals surface area contributed by atoms with E-state index in [-0.39, 0.29) is 17.9 Å². The fraction of sp³-hybridized carbons (Fsp3) is 0.750. The van der Waals surface area contributed by atoms with E-state index >= 15 is 0 Å². The van der Waals surface area contributed by atoms with Crippen molar-refractivity contribution >= 4 is 23.2 Å². The highest BCUT2D eigenvalue weighted by molar-refractivity contribution is 7.09. The number of alkyl halides is 3. The van der Waals surface area contributed by atoms with Crippen LogP contribution in [0.3, 0.4) is 0 Å². The molecule has 2 fully saturated rings. The van der Waals surface area contributed by atoms with Gasteiger partial charge in [0.25, 0.3) is 0 Å². The van der Waals surface area contributed by atoms with Gasteiger partial charge in [-0.1, -0.05) is 19.3 Å². The fourth-order valence-corrected chi connectivity index (χ4v) is 4.81. The predicted octanol–water partition coefficient (Wildman–Crippen LogP) is 3.44. The number of rotatable bonds is 6. The monoisotopic (exact) mass is 445 g/mol. The van der Waals surface area contributed by atoms with Crippen LogP contribution in [-0.4, -0.2) is 54.0 Å². The molecule has 30 heavy (non-hydrogen) atoms. The van der Waals surface area contributed by atoms with Gasteiger partial charge in [-0.25, -0.2) is 4.98 Å². The van der Waals surface area contributed by atoms with Gasteiger partial charge < -0.3 is 15.5 Å². The number of nitrogens with one attached hydrogen (secondary N) is 2. The fourth-order valence-electron chi connectivity index (χ4n) is 4.02. The minimum absolute atomic E-state index is 0.132. The van der Waals surface area contributed by atoms with Crippen LogP contribution < -0.4 is 10.6 Å². The first-order chi connectivity index (χ1) is 14.4. The van der Waals surface area contributed by atoms with Crippen molar-refractivity contribution in [1.82, 2.24) is 20.5 Å². The molecule has 2 heterocycles. The van der Waals surface area contributed by atoms with E-state index < -0.39 is 11.9 Å². The van der Waals surface area contributed by atoms with Crippen LogP contribution in [0.1, 0.15) is 56.2 Å². The van der Waals surface area contributed by atoms with Crippen LogP contribution in [0.5, 0.6) is 0 Å². The Kier molecular flexibility index (Phi) is 7.96. The van der Waals surface area contributed by atoms with Crippen molar-refractivity contribution in [3.63, 3.8) is 0 Å². The Bertz CT molecular complexity index is 730. The molecule has 1 saturated carbocycles. The molecule has 0 aromatic carbocycles. The summed E-state index contributed by atoms with van der Waals surface area (Å²) in [6, 6.07) is 0.132. The van der Waals surface area contributed by atoms with Crippen LogP contribution in [0.15, 0.2) is 10.4 Å². The van der Waals surface area contributed by atoms with E-state index in [2.05, 4.69) is 20.6 Å². The third-order valence-electron chi connectivity index (χ3n) is 5.58. The highest BCUT2D eigenvalue weighted by Crippen LogP contribution is 2.30. The van der Waals surface area contributed by atoms with Gasteiger partial charge in [-0.2, -0.15) is 13.2 Å². The predicted molar refractivity (Wildman–Crippen MR) is 111 cm³/mol. The topological polar surface area (TPSA) is 69.6 Å². The normalized spacial score (nSPS) is 21.1. The number of hydrogen-bond donors (Lipinski definition) is 2. The van der Waals surface area contributed by atoms with Gasteiger partial charge in [0.1, 0.15) is 0 Å². The van der Waals surface area contributed by atoms with E-state index in [4.69, 9.17) is 0 Å². The number of hydrogen-bond acceptors (Lipinski definition) is 4. The van der Waals surface area contributed by atoms with Crippen LogP contribution in [0.2, 0.25) is 0 Å². The Morgan fingerprint density at radius 2 is 2.07 bits per heavy atom. The lowest BCUT2D eigenvalue weighted by molar-refractivity contribution is -0.140. The lowest BCUT2D eigenvalue weighted by Gasteiger charge is -2.26. The summed E-state index contributed by atoms with van der Waals surface area (Å²) in [6.07, 6.45) is 2.35. The second-order valence-electron chi connectivity index (χ2n) is 7.88. The van der Waals surface area contributed by atoms with Gasteiger partial charge in [0.15, 0.2) is 11.7 Å². The molecule has 0 radical (unpaired) electrons. The molecule has 1 unspecified atom stereocenters. The molecule has 168 valence electrons. The summed E-state index contributed by atoms with van der Waals surface area (Å²) in [7, 11) is 0. The summed E-state index contributed by atoms with van der Waals surface area (Å²) < 4.78 is 38.0. The maximum absolute atomic E-state index is 12.7. The van der Waals surface area contributed by atoms with Crippen LogP contribution in [0, 0.1) is 5.92 Å². The Balaban J connectivity index is 1.49. The summed E-state index contributed by atoms with van der Waals surface area (Å²) in [5.41, 5.74) is -0.842. The first kappa shape index (κ1) is 22.8. The third-order valence-corrected chi connectivity index (χ3v) is 6.49. The van der Waals surface area contributed by atoms with E-state index in [1.165, 1.54) is 6.42 Å². The van der Waals surface area contributed by atoms with E-state index in [1.54, 1.807) is 0 Å². The van der Waals surface area contributed by atoms with Crippen molar-refractivity contribution in [2.24, 2.45) is 10.9 Å². The third kappa shape index (κ3) is 6.33. The smallest absolute Gasteiger partial charge is 0.357 e. The van der Waals surface area contributed by atoms with Crippen molar-refractivity contribution in [3.8, 4) is 0 Å². The Labute approximate surface area is 179 Å². The second kappa shape index (κ2) is 10.5. The number of aromatic nitrogens is 1.